The van der Waals surface area contributed by atoms with Crippen molar-refractivity contribution in [3.63, 3.8) is 0 Å². The van der Waals surface area contributed by atoms with E-state index in [1.54, 1.807) is 25.2 Å². The Morgan fingerprint density at radius 2 is 1.79 bits per heavy atom. The van der Waals surface area contributed by atoms with Crippen LogP contribution in [0.4, 0.5) is 4.79 Å². The number of aliphatic hydroxyl groups excluding tert-OH is 1. The molecule has 0 unspecified atom stereocenters. The van der Waals surface area contributed by atoms with Gasteiger partial charge in [0.15, 0.2) is 0 Å². The van der Waals surface area contributed by atoms with Crippen molar-refractivity contribution < 1.29 is 34.1 Å². The lowest BCUT2D eigenvalue weighted by Gasteiger charge is -2.35. The molecule has 0 radical (unpaired) electrons. The second-order valence-corrected chi connectivity index (χ2v) is 14.9. The number of allylic oxidation sites excluding steroid dienone is 3. The zero-order chi connectivity index (χ0) is 33.1. The maximum atomic E-state index is 13.4. The number of nitrogens with zero attached hydrogens (tertiary/aromatic N) is 1. The summed E-state index contributed by atoms with van der Waals surface area (Å²) >= 11 is 18.6. The van der Waals surface area contributed by atoms with Crippen LogP contribution in [0.2, 0.25) is 0 Å². The SMILES string of the molecule is CC(=C/C[C@H](N)/C(C)=C/c1csc(C)n1)/C=C/C[C@H](C)[C@H](OC(=O)OCC(Cl)(Cl)Cl)[C@@H](C)C(=O)C(C)(C)[C@@H](O)CC(=O)O. The molecule has 13 heteroatoms. The van der Waals surface area contributed by atoms with Crippen molar-refractivity contribution in [1.29, 1.82) is 0 Å². The average molecular weight is 682 g/mol. The summed E-state index contributed by atoms with van der Waals surface area (Å²) < 4.78 is 8.59. The third-order valence-electron chi connectivity index (χ3n) is 7.07. The first-order valence-corrected chi connectivity index (χ1v) is 15.8. The fraction of sp³-hybridized carbons (Fsp3) is 0.600. The first-order chi connectivity index (χ1) is 19.7. The topological polar surface area (TPSA) is 149 Å². The van der Waals surface area contributed by atoms with E-state index in [2.05, 4.69) is 4.98 Å². The molecule has 0 spiro atoms. The van der Waals surface area contributed by atoms with Gasteiger partial charge in [-0.1, -0.05) is 91.9 Å². The van der Waals surface area contributed by atoms with Gasteiger partial charge in [0.2, 0.25) is 3.79 Å². The largest absolute Gasteiger partial charge is 0.508 e. The van der Waals surface area contributed by atoms with Crippen molar-refractivity contribution >= 4 is 70.1 Å². The molecule has 0 saturated carbocycles. The highest BCUT2D eigenvalue weighted by Crippen LogP contribution is 2.33. The van der Waals surface area contributed by atoms with Gasteiger partial charge >= 0.3 is 12.1 Å². The second kappa shape index (κ2) is 17.5. The number of aromatic nitrogens is 1. The third-order valence-corrected chi connectivity index (χ3v) is 8.19. The van der Waals surface area contributed by atoms with Gasteiger partial charge in [0.1, 0.15) is 18.5 Å². The van der Waals surface area contributed by atoms with E-state index in [-0.39, 0.29) is 12.0 Å². The molecule has 0 aromatic carbocycles. The molecule has 0 saturated heterocycles. The Balaban J connectivity index is 3.00. The number of carboxylic acids is 1. The molecule has 0 bridgehead atoms. The van der Waals surface area contributed by atoms with Crippen LogP contribution in [0, 0.1) is 24.2 Å². The monoisotopic (exact) mass is 680 g/mol. The van der Waals surface area contributed by atoms with Gasteiger partial charge in [0.05, 0.1) is 34.6 Å². The number of ether oxygens (including phenoxy) is 2. The minimum atomic E-state index is -1.85. The first kappa shape index (κ1) is 39.1. The van der Waals surface area contributed by atoms with E-state index in [9.17, 15) is 19.5 Å². The maximum absolute atomic E-state index is 13.4. The number of halogens is 3. The molecule has 0 aliphatic rings. The number of nitrogens with two attached hydrogens (primary N) is 1. The molecule has 0 aliphatic carbocycles. The summed E-state index contributed by atoms with van der Waals surface area (Å²) in [5, 5.41) is 22.5. The van der Waals surface area contributed by atoms with Gasteiger partial charge in [-0.3, -0.25) is 9.59 Å². The quantitative estimate of drug-likeness (QED) is 0.0947. The van der Waals surface area contributed by atoms with Gasteiger partial charge in [-0.15, -0.1) is 11.3 Å². The first-order valence-electron chi connectivity index (χ1n) is 13.8. The standard InChI is InChI=1S/C30H43Cl3N2O7S/c1-17(11-12-23(34)19(3)13-22-15-43-21(5)35-22)9-8-10-18(2)26(42-28(40)41-16-30(31,32)33)20(4)27(39)29(6,7)24(36)14-25(37)38/h8-9,11,13,15,18,20,23-24,26,36H,10,12,14,16,34H2,1-7H3,(H,37,38)/b9-8+,17-11-,19-13+/t18-,20+,23-,24-,26-/m0/s1. The summed E-state index contributed by atoms with van der Waals surface area (Å²) in [6.07, 6.45) is 4.67. The Bertz CT molecular complexity index is 1190. The molecular weight excluding hydrogens is 639 g/mol. The average Bonchev–Trinajstić information content (AvgIpc) is 3.31. The van der Waals surface area contributed by atoms with E-state index < -0.39 is 58.3 Å². The van der Waals surface area contributed by atoms with Gasteiger partial charge < -0.3 is 25.4 Å². The van der Waals surface area contributed by atoms with Crippen LogP contribution >= 0.6 is 46.1 Å². The van der Waals surface area contributed by atoms with E-state index in [1.165, 1.54) is 13.8 Å². The number of aliphatic hydroxyl groups is 1. The number of carboxylic acid groups (broad SMARTS) is 1. The number of thiazole rings is 1. The molecule has 0 amide bonds. The highest BCUT2D eigenvalue weighted by Gasteiger charge is 2.43. The van der Waals surface area contributed by atoms with Gasteiger partial charge in [-0.25, -0.2) is 9.78 Å². The molecule has 9 nitrogen and oxygen atoms in total. The molecule has 5 atom stereocenters. The molecule has 43 heavy (non-hydrogen) atoms. The summed E-state index contributed by atoms with van der Waals surface area (Å²) in [6.45, 7) is 11.6. The number of hydrogen-bond donors (Lipinski definition) is 3. The Labute approximate surface area is 273 Å². The van der Waals surface area contributed by atoms with Crippen LogP contribution in [0.5, 0.6) is 0 Å². The van der Waals surface area contributed by atoms with Crippen LogP contribution < -0.4 is 5.73 Å². The highest BCUT2D eigenvalue weighted by atomic mass is 35.6. The van der Waals surface area contributed by atoms with E-state index in [0.717, 1.165) is 21.8 Å². The summed E-state index contributed by atoms with van der Waals surface area (Å²) in [4.78, 5) is 41.5. The summed E-state index contributed by atoms with van der Waals surface area (Å²) in [6, 6.07) is -0.174. The zero-order valence-electron chi connectivity index (χ0n) is 25.6. The summed E-state index contributed by atoms with van der Waals surface area (Å²) in [5.41, 5.74) is 7.80. The van der Waals surface area contributed by atoms with Crippen molar-refractivity contribution in [3.8, 4) is 0 Å². The molecular formula is C30H43Cl3N2O7S. The van der Waals surface area contributed by atoms with Gasteiger partial charge in [0.25, 0.3) is 0 Å². The van der Waals surface area contributed by atoms with E-state index in [4.69, 9.17) is 55.1 Å². The maximum Gasteiger partial charge on any atom is 0.508 e. The molecule has 1 rings (SSSR count). The van der Waals surface area contributed by atoms with Crippen LogP contribution in [-0.4, -0.2) is 61.8 Å². The van der Waals surface area contributed by atoms with Crippen LogP contribution in [0.1, 0.15) is 71.5 Å². The van der Waals surface area contributed by atoms with E-state index >= 15 is 0 Å². The Morgan fingerprint density at radius 1 is 1.16 bits per heavy atom. The van der Waals surface area contributed by atoms with Crippen molar-refractivity contribution in [2.75, 3.05) is 6.61 Å². The van der Waals surface area contributed by atoms with Gasteiger partial charge in [-0.05, 0) is 45.6 Å². The Kier molecular flexibility index (Phi) is 15.9. The van der Waals surface area contributed by atoms with Crippen molar-refractivity contribution in [2.45, 2.75) is 89.8 Å². The predicted octanol–water partition coefficient (Wildman–Crippen LogP) is 7.06. The number of aryl methyl sites for hydroxylation is 1. The van der Waals surface area contributed by atoms with Crippen molar-refractivity contribution in [1.82, 2.24) is 4.98 Å². The minimum absolute atomic E-state index is 0.174. The molecule has 1 aromatic rings. The predicted molar refractivity (Wildman–Crippen MR) is 172 cm³/mol. The fourth-order valence-corrected chi connectivity index (χ4v) is 5.01. The van der Waals surface area contributed by atoms with Gasteiger partial charge in [0, 0.05) is 11.4 Å². The summed E-state index contributed by atoms with van der Waals surface area (Å²) in [5.74, 6) is -3.02. The normalized spacial score (nSPS) is 16.8. The second-order valence-electron chi connectivity index (χ2n) is 11.3. The molecule has 0 fully saturated rings. The zero-order valence-corrected chi connectivity index (χ0v) is 28.7. The number of carbonyl (C=O) groups excluding carboxylic acids is 2. The number of hydrogen-bond acceptors (Lipinski definition) is 9. The van der Waals surface area contributed by atoms with Gasteiger partial charge in [-0.2, -0.15) is 0 Å². The lowest BCUT2D eigenvalue weighted by molar-refractivity contribution is -0.147. The lowest BCUT2D eigenvalue weighted by atomic mass is 9.73. The number of aliphatic carboxylic acids is 1. The molecule has 1 aromatic heterocycles. The molecule has 4 N–H and O–H groups in total. The van der Waals surface area contributed by atoms with Crippen LogP contribution in [0.3, 0.4) is 0 Å². The number of carbonyl (C=O) groups is 3. The fourth-order valence-electron chi connectivity index (χ4n) is 4.27. The van der Waals surface area contributed by atoms with E-state index in [1.807, 2.05) is 50.5 Å². The molecule has 0 aliphatic heterocycles. The number of alkyl halides is 3. The molecule has 242 valence electrons. The third kappa shape index (κ3) is 14.1. The number of rotatable bonds is 16. The van der Waals surface area contributed by atoms with Crippen LogP contribution in [0.15, 0.2) is 34.8 Å². The highest BCUT2D eigenvalue weighted by molar-refractivity contribution is 7.09. The van der Waals surface area contributed by atoms with Crippen LogP contribution in [0.25, 0.3) is 6.08 Å². The number of Topliss-reactive ketones (excluding diaryl/α,β-unsaturated/α-hetero) is 1. The smallest absolute Gasteiger partial charge is 0.481 e. The Morgan fingerprint density at radius 3 is 2.33 bits per heavy atom. The lowest BCUT2D eigenvalue weighted by Crippen LogP contribution is -2.46. The Hall–Kier alpha value is -1.95. The number of ketones is 1. The minimum Gasteiger partial charge on any atom is -0.481 e. The van der Waals surface area contributed by atoms with Crippen molar-refractivity contribution in [3.05, 3.63) is 45.5 Å². The van der Waals surface area contributed by atoms with E-state index in [0.29, 0.717) is 12.8 Å². The summed E-state index contributed by atoms with van der Waals surface area (Å²) in [7, 11) is 0. The molecule has 1 heterocycles. The van der Waals surface area contributed by atoms with Crippen molar-refractivity contribution in [2.24, 2.45) is 23.0 Å². The van der Waals surface area contributed by atoms with Crippen LogP contribution in [-0.2, 0) is 19.1 Å².